The third-order valence-corrected chi connectivity index (χ3v) is 4.40. The molecule has 1 unspecified atom stereocenters. The molecule has 2 N–H and O–H groups in total. The van der Waals surface area contributed by atoms with Gasteiger partial charge in [0.1, 0.15) is 10.6 Å². The summed E-state index contributed by atoms with van der Waals surface area (Å²) in [4.78, 5) is 23.0. The Balaban J connectivity index is 2.21. The highest BCUT2D eigenvalue weighted by Gasteiger charge is 2.24. The van der Waals surface area contributed by atoms with E-state index in [1.807, 2.05) is 0 Å². The molecular formula is C16H16O5S. The van der Waals surface area contributed by atoms with E-state index in [-0.39, 0.29) is 4.88 Å². The molecule has 2 aromatic rings. The van der Waals surface area contributed by atoms with Gasteiger partial charge in [-0.2, -0.15) is 0 Å². The largest absolute Gasteiger partial charge is 0.496 e. The number of hydrogen-bond acceptors (Lipinski definition) is 4. The Labute approximate surface area is 131 Å². The van der Waals surface area contributed by atoms with Crippen LogP contribution in [-0.4, -0.2) is 29.3 Å². The summed E-state index contributed by atoms with van der Waals surface area (Å²) in [5.74, 6) is -2.14. The number of methoxy groups -OCH3 is 1. The minimum absolute atomic E-state index is 0.268. The molecule has 0 bridgehead atoms. The van der Waals surface area contributed by atoms with Crippen molar-refractivity contribution in [3.05, 3.63) is 51.7 Å². The van der Waals surface area contributed by atoms with Gasteiger partial charge in [0.05, 0.1) is 13.0 Å². The van der Waals surface area contributed by atoms with Crippen LogP contribution in [0, 0.1) is 0 Å². The van der Waals surface area contributed by atoms with E-state index in [9.17, 15) is 14.7 Å². The minimum Gasteiger partial charge on any atom is -0.496 e. The van der Waals surface area contributed by atoms with E-state index >= 15 is 0 Å². The summed E-state index contributed by atoms with van der Waals surface area (Å²) < 4.78 is 5.22. The lowest BCUT2D eigenvalue weighted by atomic mass is 9.92. The first-order valence-electron chi connectivity index (χ1n) is 6.70. The van der Waals surface area contributed by atoms with Gasteiger partial charge in [0.15, 0.2) is 0 Å². The second-order valence-corrected chi connectivity index (χ2v) is 5.67. The SMILES string of the molecule is COc1ccccc1C(CCc1ccsc1C(=O)O)C(=O)O. The Morgan fingerprint density at radius 1 is 1.23 bits per heavy atom. The van der Waals surface area contributed by atoms with E-state index < -0.39 is 17.9 Å². The monoisotopic (exact) mass is 320 g/mol. The smallest absolute Gasteiger partial charge is 0.346 e. The zero-order valence-corrected chi connectivity index (χ0v) is 12.8. The van der Waals surface area contributed by atoms with Gasteiger partial charge in [0.2, 0.25) is 0 Å². The molecule has 1 aromatic carbocycles. The summed E-state index contributed by atoms with van der Waals surface area (Å²) in [6.07, 6.45) is 0.701. The molecule has 6 heteroatoms. The molecule has 0 radical (unpaired) electrons. The molecule has 2 rings (SSSR count). The van der Waals surface area contributed by atoms with Crippen LogP contribution >= 0.6 is 11.3 Å². The molecule has 5 nitrogen and oxygen atoms in total. The van der Waals surface area contributed by atoms with Crippen molar-refractivity contribution in [3.8, 4) is 5.75 Å². The Morgan fingerprint density at radius 3 is 2.59 bits per heavy atom. The first kappa shape index (κ1) is 16.0. The molecular weight excluding hydrogens is 304 g/mol. The number of carboxylic acid groups (broad SMARTS) is 2. The minimum atomic E-state index is -0.978. The first-order valence-corrected chi connectivity index (χ1v) is 7.58. The highest BCUT2D eigenvalue weighted by molar-refractivity contribution is 7.12. The van der Waals surface area contributed by atoms with Crippen molar-refractivity contribution in [2.75, 3.05) is 7.11 Å². The lowest BCUT2D eigenvalue weighted by Gasteiger charge is -2.16. The van der Waals surface area contributed by atoms with Crippen molar-refractivity contribution in [1.82, 2.24) is 0 Å². The fraction of sp³-hybridized carbons (Fsp3) is 0.250. The van der Waals surface area contributed by atoms with Crippen molar-refractivity contribution >= 4 is 23.3 Å². The zero-order valence-electron chi connectivity index (χ0n) is 12.0. The molecule has 22 heavy (non-hydrogen) atoms. The quantitative estimate of drug-likeness (QED) is 0.818. The van der Waals surface area contributed by atoms with Crippen molar-refractivity contribution in [1.29, 1.82) is 0 Å². The number of ether oxygens (including phenoxy) is 1. The molecule has 0 amide bonds. The van der Waals surface area contributed by atoms with Gasteiger partial charge in [-0.05, 0) is 35.9 Å². The van der Waals surface area contributed by atoms with E-state index in [0.717, 1.165) is 11.3 Å². The van der Waals surface area contributed by atoms with E-state index in [1.54, 1.807) is 35.7 Å². The highest BCUT2D eigenvalue weighted by atomic mass is 32.1. The third kappa shape index (κ3) is 3.46. The van der Waals surface area contributed by atoms with Crippen LogP contribution in [0.2, 0.25) is 0 Å². The highest BCUT2D eigenvalue weighted by Crippen LogP contribution is 2.31. The van der Waals surface area contributed by atoms with E-state index in [4.69, 9.17) is 9.84 Å². The summed E-state index contributed by atoms with van der Waals surface area (Å²) >= 11 is 1.15. The van der Waals surface area contributed by atoms with Crippen molar-refractivity contribution in [2.45, 2.75) is 18.8 Å². The van der Waals surface area contributed by atoms with Crippen LogP contribution in [0.1, 0.15) is 33.1 Å². The first-order chi connectivity index (χ1) is 10.5. The molecule has 1 atom stereocenters. The lowest BCUT2D eigenvalue weighted by Crippen LogP contribution is -2.14. The molecule has 0 aliphatic rings. The molecule has 0 aliphatic heterocycles. The maximum Gasteiger partial charge on any atom is 0.346 e. The van der Waals surface area contributed by atoms with Crippen LogP contribution in [0.15, 0.2) is 35.7 Å². The number of hydrogen-bond donors (Lipinski definition) is 2. The van der Waals surface area contributed by atoms with Crippen molar-refractivity contribution in [2.24, 2.45) is 0 Å². The van der Waals surface area contributed by atoms with Gasteiger partial charge >= 0.3 is 11.9 Å². The second-order valence-electron chi connectivity index (χ2n) is 4.75. The number of thiophene rings is 1. The maximum absolute atomic E-state index is 11.6. The summed E-state index contributed by atoms with van der Waals surface area (Å²) in [6, 6.07) is 8.72. The van der Waals surface area contributed by atoms with E-state index in [2.05, 4.69) is 0 Å². The van der Waals surface area contributed by atoms with E-state index in [1.165, 1.54) is 7.11 Å². The maximum atomic E-state index is 11.6. The average molecular weight is 320 g/mol. The van der Waals surface area contributed by atoms with Crippen LogP contribution in [0.5, 0.6) is 5.75 Å². The number of aromatic carboxylic acids is 1. The van der Waals surface area contributed by atoms with Gasteiger partial charge in [0, 0.05) is 5.56 Å². The van der Waals surface area contributed by atoms with Gasteiger partial charge in [-0.1, -0.05) is 18.2 Å². The number of carboxylic acids is 2. The fourth-order valence-corrected chi connectivity index (χ4v) is 3.18. The normalized spacial score (nSPS) is 11.9. The zero-order chi connectivity index (χ0) is 16.1. The summed E-state index contributed by atoms with van der Waals surface area (Å²) in [6.45, 7) is 0. The molecule has 0 saturated heterocycles. The van der Waals surface area contributed by atoms with Gasteiger partial charge in [0.25, 0.3) is 0 Å². The summed E-state index contributed by atoms with van der Waals surface area (Å²) in [5, 5.41) is 20.3. The van der Waals surface area contributed by atoms with Gasteiger partial charge in [-0.3, -0.25) is 4.79 Å². The molecule has 0 spiro atoms. The molecule has 0 aliphatic carbocycles. The predicted molar refractivity (Wildman–Crippen MR) is 83.0 cm³/mol. The number of rotatable bonds is 7. The van der Waals surface area contributed by atoms with E-state index in [0.29, 0.717) is 29.7 Å². The Morgan fingerprint density at radius 2 is 1.95 bits per heavy atom. The number of aryl methyl sites for hydroxylation is 1. The number of benzene rings is 1. The lowest BCUT2D eigenvalue weighted by molar-refractivity contribution is -0.139. The third-order valence-electron chi connectivity index (χ3n) is 3.46. The van der Waals surface area contributed by atoms with Crippen LogP contribution in [-0.2, 0) is 11.2 Å². The standard InChI is InChI=1S/C16H16O5S/c1-21-13-5-3-2-4-11(13)12(15(17)18)7-6-10-8-9-22-14(10)16(19)20/h2-5,8-9,12H,6-7H2,1H3,(H,17,18)(H,19,20). The molecule has 0 fully saturated rings. The van der Waals surface area contributed by atoms with Gasteiger partial charge in [-0.25, -0.2) is 4.79 Å². The Kier molecular flexibility index (Phi) is 5.16. The Bertz CT molecular complexity index is 677. The van der Waals surface area contributed by atoms with Gasteiger partial charge in [-0.15, -0.1) is 11.3 Å². The van der Waals surface area contributed by atoms with Crippen molar-refractivity contribution < 1.29 is 24.5 Å². The molecule has 116 valence electrons. The summed E-state index contributed by atoms with van der Waals surface area (Å²) in [5.41, 5.74) is 1.27. The molecule has 1 heterocycles. The number of para-hydroxylation sites is 1. The fourth-order valence-electron chi connectivity index (χ4n) is 2.39. The van der Waals surface area contributed by atoms with Crippen LogP contribution in [0.4, 0.5) is 0 Å². The Hall–Kier alpha value is -2.34. The van der Waals surface area contributed by atoms with Crippen LogP contribution in [0.25, 0.3) is 0 Å². The van der Waals surface area contributed by atoms with Gasteiger partial charge < -0.3 is 14.9 Å². The number of aliphatic carboxylic acids is 1. The molecule has 0 saturated carbocycles. The molecule has 1 aromatic heterocycles. The topological polar surface area (TPSA) is 83.8 Å². The van der Waals surface area contributed by atoms with Crippen molar-refractivity contribution in [3.63, 3.8) is 0 Å². The van der Waals surface area contributed by atoms with Crippen LogP contribution in [0.3, 0.4) is 0 Å². The predicted octanol–water partition coefficient (Wildman–Crippen LogP) is 3.26. The number of carbonyl (C=O) groups is 2. The van der Waals surface area contributed by atoms with Crippen LogP contribution < -0.4 is 4.74 Å². The second kappa shape index (κ2) is 7.09. The summed E-state index contributed by atoms with van der Waals surface area (Å²) in [7, 11) is 1.50. The average Bonchev–Trinajstić information content (AvgIpc) is 2.96.